The van der Waals surface area contributed by atoms with Crippen LogP contribution in [0.1, 0.15) is 27.6 Å². The molecule has 6 heteroatoms. The Balaban J connectivity index is 1.89. The van der Waals surface area contributed by atoms with Gasteiger partial charge in [0.1, 0.15) is 17.1 Å². The number of benzene rings is 3. The summed E-state index contributed by atoms with van der Waals surface area (Å²) in [4.78, 5) is 26.0. The van der Waals surface area contributed by atoms with Crippen LogP contribution in [0.4, 0.5) is 5.69 Å². The molecule has 0 aliphatic rings. The van der Waals surface area contributed by atoms with Crippen LogP contribution in [-0.2, 0) is 9.53 Å². The zero-order chi connectivity index (χ0) is 21.5. The van der Waals surface area contributed by atoms with Crippen molar-refractivity contribution in [1.29, 1.82) is 0 Å². The zero-order valence-electron chi connectivity index (χ0n) is 17.0. The van der Waals surface area contributed by atoms with Gasteiger partial charge < -0.3 is 19.5 Å². The van der Waals surface area contributed by atoms with Gasteiger partial charge in [-0.2, -0.15) is 0 Å². The number of carbonyl (C=O) groups is 2. The summed E-state index contributed by atoms with van der Waals surface area (Å²) in [6, 6.07) is 21.0. The fourth-order valence-corrected chi connectivity index (χ4v) is 2.96. The van der Waals surface area contributed by atoms with Crippen molar-refractivity contribution in [3.8, 4) is 11.5 Å². The highest BCUT2D eigenvalue weighted by atomic mass is 16.6. The number of esters is 1. The number of hydrogen-bond acceptors (Lipinski definition) is 5. The van der Waals surface area contributed by atoms with Crippen molar-refractivity contribution in [2.75, 3.05) is 19.5 Å². The number of anilines is 1. The van der Waals surface area contributed by atoms with Crippen LogP contribution < -0.4 is 14.8 Å². The van der Waals surface area contributed by atoms with Crippen molar-refractivity contribution < 1.29 is 23.8 Å². The molecule has 0 aliphatic heterocycles. The van der Waals surface area contributed by atoms with Crippen molar-refractivity contribution in [2.24, 2.45) is 0 Å². The quantitative estimate of drug-likeness (QED) is 0.584. The monoisotopic (exact) mass is 405 g/mol. The third kappa shape index (κ3) is 4.97. The van der Waals surface area contributed by atoms with Gasteiger partial charge in [0.25, 0.3) is 5.91 Å². The van der Waals surface area contributed by atoms with Crippen LogP contribution in [0, 0.1) is 6.92 Å². The molecule has 1 N–H and O–H groups in total. The second kappa shape index (κ2) is 9.60. The smallest absolute Gasteiger partial charge is 0.343 e. The van der Waals surface area contributed by atoms with Crippen LogP contribution in [-0.4, -0.2) is 26.1 Å². The number of rotatable bonds is 7. The molecule has 6 nitrogen and oxygen atoms in total. The van der Waals surface area contributed by atoms with Gasteiger partial charge in [-0.25, -0.2) is 4.79 Å². The van der Waals surface area contributed by atoms with Gasteiger partial charge in [0.05, 0.1) is 14.2 Å². The van der Waals surface area contributed by atoms with Crippen molar-refractivity contribution in [2.45, 2.75) is 13.0 Å². The summed E-state index contributed by atoms with van der Waals surface area (Å²) in [7, 11) is 3.02. The van der Waals surface area contributed by atoms with E-state index in [0.29, 0.717) is 22.7 Å². The standard InChI is InChI=1S/C24H23NO5/c1-16-12-13-21(29-3)20(14-16)24(27)30-22(17-8-5-4-6-9-17)23(26)25-18-10-7-11-19(15-18)28-2/h4-15,22H,1-3H3,(H,25,26)/t22-/m1/s1. The molecule has 0 unspecified atom stereocenters. The molecule has 1 atom stereocenters. The maximum atomic E-state index is 13.0. The molecule has 3 rings (SSSR count). The summed E-state index contributed by atoms with van der Waals surface area (Å²) in [5, 5.41) is 2.78. The SMILES string of the molecule is COc1cccc(NC(=O)[C@H](OC(=O)c2cc(C)ccc2OC)c2ccccc2)c1. The predicted octanol–water partition coefficient (Wildman–Crippen LogP) is 4.55. The number of aryl methyl sites for hydroxylation is 1. The Morgan fingerprint density at radius 3 is 2.33 bits per heavy atom. The van der Waals surface area contributed by atoms with Gasteiger partial charge in [-0.05, 0) is 31.2 Å². The first-order chi connectivity index (χ1) is 14.5. The van der Waals surface area contributed by atoms with E-state index in [9.17, 15) is 9.59 Å². The minimum absolute atomic E-state index is 0.257. The van der Waals surface area contributed by atoms with Crippen LogP contribution >= 0.6 is 0 Å². The fourth-order valence-electron chi connectivity index (χ4n) is 2.96. The average Bonchev–Trinajstić information content (AvgIpc) is 2.77. The third-order valence-electron chi connectivity index (χ3n) is 4.48. The molecule has 1 amide bonds. The van der Waals surface area contributed by atoms with Gasteiger partial charge in [-0.15, -0.1) is 0 Å². The van der Waals surface area contributed by atoms with E-state index in [2.05, 4.69) is 5.32 Å². The molecule has 0 bridgehead atoms. The molecule has 0 heterocycles. The normalized spacial score (nSPS) is 11.3. The van der Waals surface area contributed by atoms with E-state index < -0.39 is 18.0 Å². The summed E-state index contributed by atoms with van der Waals surface area (Å²) in [5.74, 6) is -0.143. The summed E-state index contributed by atoms with van der Waals surface area (Å²) in [5.41, 5.74) is 2.22. The Hall–Kier alpha value is -3.80. The number of hydrogen-bond donors (Lipinski definition) is 1. The molecule has 0 saturated heterocycles. The lowest BCUT2D eigenvalue weighted by atomic mass is 10.1. The maximum absolute atomic E-state index is 13.0. The Kier molecular flexibility index (Phi) is 6.70. The van der Waals surface area contributed by atoms with Crippen molar-refractivity contribution in [1.82, 2.24) is 0 Å². The van der Waals surface area contributed by atoms with E-state index in [4.69, 9.17) is 14.2 Å². The van der Waals surface area contributed by atoms with Crippen LogP contribution in [0.3, 0.4) is 0 Å². The van der Waals surface area contributed by atoms with Crippen LogP contribution in [0.2, 0.25) is 0 Å². The van der Waals surface area contributed by atoms with Crippen molar-refractivity contribution >= 4 is 17.6 Å². The summed E-state index contributed by atoms with van der Waals surface area (Å²) in [6.45, 7) is 1.86. The molecule has 0 aliphatic carbocycles. The largest absolute Gasteiger partial charge is 0.497 e. The molecule has 3 aromatic rings. The van der Waals surface area contributed by atoms with E-state index in [0.717, 1.165) is 5.56 Å². The highest BCUT2D eigenvalue weighted by Crippen LogP contribution is 2.26. The highest BCUT2D eigenvalue weighted by Gasteiger charge is 2.27. The van der Waals surface area contributed by atoms with Crippen LogP contribution in [0.25, 0.3) is 0 Å². The number of ether oxygens (including phenoxy) is 3. The number of amides is 1. The number of nitrogens with one attached hydrogen (secondary N) is 1. The van der Waals surface area contributed by atoms with Gasteiger partial charge in [0.2, 0.25) is 6.10 Å². The van der Waals surface area contributed by atoms with E-state index in [-0.39, 0.29) is 5.56 Å². The third-order valence-corrected chi connectivity index (χ3v) is 4.48. The molecule has 154 valence electrons. The maximum Gasteiger partial charge on any atom is 0.343 e. The number of methoxy groups -OCH3 is 2. The second-order valence-electron chi connectivity index (χ2n) is 6.62. The first-order valence-electron chi connectivity index (χ1n) is 9.37. The van der Waals surface area contributed by atoms with E-state index in [1.807, 2.05) is 19.1 Å². The van der Waals surface area contributed by atoms with Crippen molar-refractivity contribution in [3.63, 3.8) is 0 Å². The topological polar surface area (TPSA) is 73.9 Å². The Morgan fingerprint density at radius 1 is 0.867 bits per heavy atom. The summed E-state index contributed by atoms with van der Waals surface area (Å²) in [6.07, 6.45) is -1.14. The van der Waals surface area contributed by atoms with Gasteiger partial charge >= 0.3 is 5.97 Å². The number of carbonyl (C=O) groups excluding carboxylic acids is 2. The molecule has 30 heavy (non-hydrogen) atoms. The van der Waals surface area contributed by atoms with Gasteiger partial charge in [-0.1, -0.05) is 48.0 Å². The predicted molar refractivity (Wildman–Crippen MR) is 114 cm³/mol. The lowest BCUT2D eigenvalue weighted by Gasteiger charge is -2.19. The van der Waals surface area contributed by atoms with Gasteiger partial charge in [0, 0.05) is 17.3 Å². The van der Waals surface area contributed by atoms with Crippen molar-refractivity contribution in [3.05, 3.63) is 89.5 Å². The lowest BCUT2D eigenvalue weighted by molar-refractivity contribution is -0.125. The van der Waals surface area contributed by atoms with Crippen LogP contribution in [0.15, 0.2) is 72.8 Å². The Labute approximate surface area is 175 Å². The molecule has 3 aromatic carbocycles. The fraction of sp³-hybridized carbons (Fsp3) is 0.167. The minimum Gasteiger partial charge on any atom is -0.497 e. The van der Waals surface area contributed by atoms with E-state index in [1.54, 1.807) is 67.8 Å². The van der Waals surface area contributed by atoms with Crippen LogP contribution in [0.5, 0.6) is 11.5 Å². The van der Waals surface area contributed by atoms with E-state index >= 15 is 0 Å². The molecule has 0 radical (unpaired) electrons. The molecular formula is C24H23NO5. The molecule has 0 spiro atoms. The Morgan fingerprint density at radius 2 is 1.63 bits per heavy atom. The van der Waals surface area contributed by atoms with E-state index in [1.165, 1.54) is 7.11 Å². The summed E-state index contributed by atoms with van der Waals surface area (Å²) >= 11 is 0. The summed E-state index contributed by atoms with van der Waals surface area (Å²) < 4.78 is 16.1. The average molecular weight is 405 g/mol. The van der Waals surface area contributed by atoms with Gasteiger partial charge in [-0.3, -0.25) is 4.79 Å². The molecule has 0 aromatic heterocycles. The lowest BCUT2D eigenvalue weighted by Crippen LogP contribution is -2.26. The Bertz CT molecular complexity index is 1030. The first kappa shape index (κ1) is 20.9. The molecule has 0 saturated carbocycles. The van der Waals surface area contributed by atoms with Gasteiger partial charge in [0.15, 0.2) is 0 Å². The molecular weight excluding hydrogens is 382 g/mol. The first-order valence-corrected chi connectivity index (χ1v) is 9.37. The second-order valence-corrected chi connectivity index (χ2v) is 6.62. The highest BCUT2D eigenvalue weighted by molar-refractivity contribution is 5.99. The minimum atomic E-state index is -1.14. The molecule has 0 fully saturated rings. The zero-order valence-corrected chi connectivity index (χ0v) is 17.0.